The summed E-state index contributed by atoms with van der Waals surface area (Å²) in [5, 5.41) is 18.3. The summed E-state index contributed by atoms with van der Waals surface area (Å²) < 4.78 is 93.5. The minimum atomic E-state index is -5.03. The van der Waals surface area contributed by atoms with Gasteiger partial charge in [-0.05, 0) is 75.1 Å². The fourth-order valence-electron chi connectivity index (χ4n) is 6.53. The first kappa shape index (κ1) is 37.0. The Kier molecular flexibility index (Phi) is 12.0. The van der Waals surface area contributed by atoms with E-state index in [0.717, 1.165) is 0 Å². The van der Waals surface area contributed by atoms with E-state index in [1.807, 2.05) is 13.8 Å². The average Bonchev–Trinajstić information content (AvgIpc) is 3.05. The Morgan fingerprint density at radius 1 is 0.917 bits per heavy atom. The third kappa shape index (κ3) is 9.20. The molecule has 0 radical (unpaired) electrons. The van der Waals surface area contributed by atoms with Crippen LogP contribution >= 0.6 is 0 Å². The molecule has 1 aromatic carbocycles. The first-order valence-electron chi connectivity index (χ1n) is 16.0. The van der Waals surface area contributed by atoms with Crippen LogP contribution in [0.3, 0.4) is 0 Å². The van der Waals surface area contributed by atoms with Gasteiger partial charge in [-0.3, -0.25) is 4.79 Å². The number of piperidine rings is 1. The molecule has 2 aromatic rings. The summed E-state index contributed by atoms with van der Waals surface area (Å²) in [4.78, 5) is 36.7. The molecule has 48 heavy (non-hydrogen) atoms. The number of rotatable bonds is 11. The molecular weight excluding hydrogens is 650 g/mol. The van der Waals surface area contributed by atoms with Gasteiger partial charge in [0.05, 0.1) is 36.0 Å². The summed E-state index contributed by atoms with van der Waals surface area (Å²) in [7, 11) is 0. The van der Waals surface area contributed by atoms with Gasteiger partial charge in [0, 0.05) is 24.7 Å². The predicted molar refractivity (Wildman–Crippen MR) is 160 cm³/mol. The van der Waals surface area contributed by atoms with Crippen LogP contribution in [0.1, 0.15) is 81.9 Å². The second kappa shape index (κ2) is 15.6. The van der Waals surface area contributed by atoms with Gasteiger partial charge < -0.3 is 29.5 Å². The number of likely N-dealkylation sites (tertiary alicyclic amines) is 1. The summed E-state index contributed by atoms with van der Waals surface area (Å²) in [6.45, 7) is 3.04. The van der Waals surface area contributed by atoms with E-state index >= 15 is 0 Å². The lowest BCUT2D eigenvalue weighted by molar-refractivity contribution is -0.144. The number of aliphatic hydroxyl groups is 1. The van der Waals surface area contributed by atoms with Crippen LogP contribution in [-0.2, 0) is 28.4 Å². The van der Waals surface area contributed by atoms with Crippen molar-refractivity contribution in [1.82, 2.24) is 14.9 Å². The minimum absolute atomic E-state index is 0.0389. The van der Waals surface area contributed by atoms with Crippen molar-refractivity contribution in [1.29, 1.82) is 0 Å². The van der Waals surface area contributed by atoms with Crippen LogP contribution in [0, 0.1) is 5.92 Å². The molecule has 1 aliphatic heterocycles. The fourth-order valence-corrected chi connectivity index (χ4v) is 6.53. The van der Waals surface area contributed by atoms with Crippen LogP contribution in [-0.4, -0.2) is 74.6 Å². The van der Waals surface area contributed by atoms with E-state index in [9.17, 15) is 41.0 Å². The van der Waals surface area contributed by atoms with Gasteiger partial charge in [0.15, 0.2) is 5.75 Å². The Morgan fingerprint density at radius 2 is 1.46 bits per heavy atom. The molecule has 16 heteroatoms. The lowest BCUT2D eigenvalue weighted by atomic mass is 9.87. The monoisotopic (exact) mass is 690 g/mol. The molecule has 1 saturated carbocycles. The topological polar surface area (TPSA) is 125 Å². The Balaban J connectivity index is 1.64. The van der Waals surface area contributed by atoms with Gasteiger partial charge in [-0.2, -0.15) is 26.3 Å². The number of halogens is 6. The number of hydrogen-bond donors (Lipinski definition) is 2. The summed E-state index contributed by atoms with van der Waals surface area (Å²) in [6.07, 6.45) is -5.21. The first-order chi connectivity index (χ1) is 22.6. The van der Waals surface area contributed by atoms with Crippen molar-refractivity contribution in [2.24, 2.45) is 5.92 Å². The van der Waals surface area contributed by atoms with Crippen LogP contribution in [0.25, 0.3) is 0 Å². The smallest absolute Gasteiger partial charge is 0.416 e. The standard InChI is InChI=1S/C32H40F6N4O6/c1-3-23-14-25(15-24(4-2)42(23)30(46)48-26-7-5-20(6-8-26)28(44)45)41(29-39-16-27(17-40-29)47-10-9-43)18-19-11-21(31(33,34)35)13-22(12-19)32(36,37)38/h11-13,16-17,20,23-26,43H,3-10,14-15,18H2,1-2H3,(H,44,45). The van der Waals surface area contributed by atoms with Gasteiger partial charge in [0.25, 0.3) is 0 Å². The first-order valence-corrected chi connectivity index (χ1v) is 16.0. The van der Waals surface area contributed by atoms with Crippen LogP contribution in [0.2, 0.25) is 0 Å². The number of carbonyl (C=O) groups excluding carboxylic acids is 1. The number of nitrogens with zero attached hydrogens (tertiary/aromatic N) is 4. The maximum absolute atomic E-state index is 13.7. The molecule has 0 bridgehead atoms. The number of amides is 1. The van der Waals surface area contributed by atoms with Gasteiger partial charge in [-0.25, -0.2) is 14.8 Å². The lowest BCUT2D eigenvalue weighted by Crippen LogP contribution is -2.57. The number of ether oxygens (including phenoxy) is 2. The number of carboxylic acid groups (broad SMARTS) is 1. The number of benzene rings is 1. The summed E-state index contributed by atoms with van der Waals surface area (Å²) in [5.41, 5.74) is -3.12. The van der Waals surface area contributed by atoms with Crippen LogP contribution in [0.5, 0.6) is 5.75 Å². The molecule has 266 valence electrons. The summed E-state index contributed by atoms with van der Waals surface area (Å²) in [6, 6.07) is 0.165. The Hall–Kier alpha value is -3.82. The van der Waals surface area contributed by atoms with E-state index in [2.05, 4.69) is 9.97 Å². The number of hydrogen-bond acceptors (Lipinski definition) is 8. The van der Waals surface area contributed by atoms with Crippen LogP contribution in [0.15, 0.2) is 30.6 Å². The minimum Gasteiger partial charge on any atom is -0.488 e. The van der Waals surface area contributed by atoms with Crippen molar-refractivity contribution in [3.05, 3.63) is 47.3 Å². The number of alkyl halides is 6. The predicted octanol–water partition coefficient (Wildman–Crippen LogP) is 6.69. The second-order valence-corrected chi connectivity index (χ2v) is 12.2. The van der Waals surface area contributed by atoms with Crippen molar-refractivity contribution < 1.29 is 55.6 Å². The van der Waals surface area contributed by atoms with Gasteiger partial charge >= 0.3 is 24.4 Å². The molecule has 1 aromatic heterocycles. The number of aliphatic carboxylic acids is 1. The molecule has 0 spiro atoms. The zero-order valence-electron chi connectivity index (χ0n) is 26.6. The van der Waals surface area contributed by atoms with Gasteiger partial charge in [0.1, 0.15) is 12.7 Å². The largest absolute Gasteiger partial charge is 0.488 e. The van der Waals surface area contributed by atoms with Crippen molar-refractivity contribution in [2.45, 2.75) is 108 Å². The summed E-state index contributed by atoms with van der Waals surface area (Å²) >= 11 is 0. The molecule has 2 atom stereocenters. The third-order valence-electron chi connectivity index (χ3n) is 8.99. The van der Waals surface area contributed by atoms with E-state index in [4.69, 9.17) is 14.6 Å². The van der Waals surface area contributed by atoms with Crippen molar-refractivity contribution in [3.63, 3.8) is 0 Å². The van der Waals surface area contributed by atoms with Gasteiger partial charge in [0.2, 0.25) is 5.95 Å². The zero-order valence-corrected chi connectivity index (χ0v) is 26.6. The number of carboxylic acids is 1. The van der Waals surface area contributed by atoms with E-state index in [0.29, 0.717) is 63.5 Å². The van der Waals surface area contributed by atoms with E-state index in [1.54, 1.807) is 9.80 Å². The molecule has 2 heterocycles. The quantitative estimate of drug-likeness (QED) is 0.248. The molecule has 2 N–H and O–H groups in total. The van der Waals surface area contributed by atoms with E-state index < -0.39 is 72.2 Å². The van der Waals surface area contributed by atoms with Crippen LogP contribution in [0.4, 0.5) is 37.1 Å². The second-order valence-electron chi connectivity index (χ2n) is 12.2. The molecular formula is C32H40F6N4O6. The maximum Gasteiger partial charge on any atom is 0.416 e. The Morgan fingerprint density at radius 3 is 1.92 bits per heavy atom. The number of aromatic nitrogens is 2. The molecule has 10 nitrogen and oxygen atoms in total. The molecule has 4 rings (SSSR count). The highest BCUT2D eigenvalue weighted by Gasteiger charge is 2.42. The normalized spacial score (nSPS) is 23.4. The number of aliphatic hydroxyl groups excluding tert-OH is 1. The maximum atomic E-state index is 13.7. The Labute approximate surface area is 274 Å². The van der Waals surface area contributed by atoms with Gasteiger partial charge in [-0.1, -0.05) is 13.8 Å². The molecule has 1 aliphatic carbocycles. The van der Waals surface area contributed by atoms with Crippen molar-refractivity contribution in [2.75, 3.05) is 18.1 Å². The highest BCUT2D eigenvalue weighted by atomic mass is 19.4. The Bertz CT molecular complexity index is 1340. The third-order valence-corrected chi connectivity index (χ3v) is 8.99. The van der Waals surface area contributed by atoms with Crippen molar-refractivity contribution >= 4 is 18.0 Å². The highest BCUT2D eigenvalue weighted by Crippen LogP contribution is 2.39. The zero-order chi connectivity index (χ0) is 35.2. The van der Waals surface area contributed by atoms with E-state index in [1.165, 1.54) is 12.4 Å². The lowest BCUT2D eigenvalue weighted by Gasteiger charge is -2.47. The average molecular weight is 691 g/mol. The SMILES string of the molecule is CCC1CC(N(Cc2cc(C(F)(F)F)cc(C(F)(F)F)c2)c2ncc(OCCO)cn2)CC(CC)N1C(=O)OC1CCC(C(=O)O)CC1. The van der Waals surface area contributed by atoms with Gasteiger partial charge in [-0.15, -0.1) is 0 Å². The number of carbonyl (C=O) groups is 2. The molecule has 1 saturated heterocycles. The molecule has 2 fully saturated rings. The summed E-state index contributed by atoms with van der Waals surface area (Å²) in [5.74, 6) is -1.10. The van der Waals surface area contributed by atoms with Crippen molar-refractivity contribution in [3.8, 4) is 5.75 Å². The fraction of sp³-hybridized carbons (Fsp3) is 0.625. The molecule has 2 unspecified atom stereocenters. The number of anilines is 1. The van der Waals surface area contributed by atoms with E-state index in [-0.39, 0.29) is 36.5 Å². The highest BCUT2D eigenvalue weighted by molar-refractivity contribution is 5.70. The molecule has 1 amide bonds. The molecule has 2 aliphatic rings. The van der Waals surface area contributed by atoms with Crippen LogP contribution < -0.4 is 9.64 Å².